The van der Waals surface area contributed by atoms with Gasteiger partial charge in [0.25, 0.3) is 5.91 Å². The summed E-state index contributed by atoms with van der Waals surface area (Å²) in [6.07, 6.45) is 2.44. The van der Waals surface area contributed by atoms with E-state index in [4.69, 9.17) is 11.6 Å². The molecule has 1 unspecified atom stereocenters. The van der Waals surface area contributed by atoms with Gasteiger partial charge in [-0.1, -0.05) is 43.6 Å². The number of carbonyl (C=O) groups excluding carboxylic acids is 1. The lowest BCUT2D eigenvalue weighted by Crippen LogP contribution is -2.34. The Morgan fingerprint density at radius 1 is 1.10 bits per heavy atom. The van der Waals surface area contributed by atoms with Crippen LogP contribution in [0.5, 0.6) is 0 Å². The largest absolute Gasteiger partial charge is 0.340 e. The van der Waals surface area contributed by atoms with Gasteiger partial charge >= 0.3 is 0 Å². The number of amides is 1. The van der Waals surface area contributed by atoms with E-state index in [0.717, 1.165) is 49.3 Å². The van der Waals surface area contributed by atoms with Crippen molar-refractivity contribution in [3.63, 3.8) is 0 Å². The molecule has 1 N–H and O–H groups in total. The van der Waals surface area contributed by atoms with Crippen LogP contribution in [0.15, 0.2) is 48.7 Å². The zero-order valence-electron chi connectivity index (χ0n) is 17.8. The van der Waals surface area contributed by atoms with Crippen LogP contribution in [0.4, 0.5) is 0 Å². The van der Waals surface area contributed by atoms with Gasteiger partial charge in [-0.3, -0.25) is 14.7 Å². The molecule has 0 saturated heterocycles. The van der Waals surface area contributed by atoms with Crippen molar-refractivity contribution in [3.8, 4) is 0 Å². The second kappa shape index (κ2) is 9.58. The van der Waals surface area contributed by atoms with Gasteiger partial charge in [0.1, 0.15) is 11.5 Å². The summed E-state index contributed by atoms with van der Waals surface area (Å²) < 4.78 is 2.17. The molecule has 3 aromatic rings. The van der Waals surface area contributed by atoms with Crippen LogP contribution in [0.2, 0.25) is 5.02 Å². The molecule has 0 radical (unpaired) electrons. The highest BCUT2D eigenvalue weighted by Gasteiger charge is 2.28. The first kappa shape index (κ1) is 21.5. The summed E-state index contributed by atoms with van der Waals surface area (Å²) in [4.78, 5) is 19.3. The fourth-order valence-corrected chi connectivity index (χ4v) is 3.99. The summed E-state index contributed by atoms with van der Waals surface area (Å²) in [6, 6.07) is 13.1. The molecule has 0 spiro atoms. The van der Waals surface area contributed by atoms with Crippen molar-refractivity contribution in [1.29, 1.82) is 0 Å². The van der Waals surface area contributed by atoms with Crippen LogP contribution in [-0.2, 0) is 19.5 Å². The Morgan fingerprint density at radius 3 is 2.61 bits per heavy atom. The minimum absolute atomic E-state index is 0.161. The van der Waals surface area contributed by atoms with Crippen molar-refractivity contribution >= 4 is 17.5 Å². The quantitative estimate of drug-likeness (QED) is 0.637. The Balaban J connectivity index is 1.48. The molecule has 0 bridgehead atoms. The number of hydrogen-bond donors (Lipinski definition) is 1. The van der Waals surface area contributed by atoms with E-state index in [1.165, 1.54) is 5.56 Å². The van der Waals surface area contributed by atoms with Crippen molar-refractivity contribution in [2.24, 2.45) is 5.92 Å². The van der Waals surface area contributed by atoms with Crippen molar-refractivity contribution in [3.05, 3.63) is 76.6 Å². The van der Waals surface area contributed by atoms with E-state index in [9.17, 15) is 4.79 Å². The molecule has 162 valence electrons. The molecule has 0 saturated carbocycles. The lowest BCUT2D eigenvalue weighted by Gasteiger charge is -2.23. The highest BCUT2D eigenvalue weighted by Crippen LogP contribution is 2.23. The van der Waals surface area contributed by atoms with E-state index in [2.05, 4.69) is 55.9 Å². The van der Waals surface area contributed by atoms with Crippen molar-refractivity contribution in [1.82, 2.24) is 30.0 Å². The van der Waals surface area contributed by atoms with Gasteiger partial charge < -0.3 is 9.88 Å². The third-order valence-electron chi connectivity index (χ3n) is 5.60. The molecule has 2 aromatic heterocycles. The predicted molar refractivity (Wildman–Crippen MR) is 120 cm³/mol. The van der Waals surface area contributed by atoms with Gasteiger partial charge in [-0.15, -0.1) is 10.2 Å². The molecule has 31 heavy (non-hydrogen) atoms. The molecule has 1 amide bonds. The van der Waals surface area contributed by atoms with Gasteiger partial charge in [-0.25, -0.2) is 0 Å². The number of rotatable bonds is 6. The summed E-state index contributed by atoms with van der Waals surface area (Å²) in [5, 5.41) is 12.8. The SMILES string of the molecule is CC(C)C(NC(=O)c1ccccn1)c1nnc2n1CCN(Cc1ccc(Cl)cc1)CC2. The smallest absolute Gasteiger partial charge is 0.270 e. The Hall–Kier alpha value is -2.77. The van der Waals surface area contributed by atoms with Gasteiger partial charge in [-0.05, 0) is 35.7 Å². The van der Waals surface area contributed by atoms with Crippen LogP contribution in [0.3, 0.4) is 0 Å². The molecule has 3 heterocycles. The van der Waals surface area contributed by atoms with E-state index >= 15 is 0 Å². The maximum atomic E-state index is 12.7. The van der Waals surface area contributed by atoms with E-state index < -0.39 is 0 Å². The third-order valence-corrected chi connectivity index (χ3v) is 5.85. The highest BCUT2D eigenvalue weighted by atomic mass is 35.5. The van der Waals surface area contributed by atoms with Gasteiger partial charge in [0.2, 0.25) is 0 Å². The monoisotopic (exact) mass is 438 g/mol. The molecular weight excluding hydrogens is 412 g/mol. The maximum absolute atomic E-state index is 12.7. The zero-order valence-corrected chi connectivity index (χ0v) is 18.6. The van der Waals surface area contributed by atoms with Crippen LogP contribution < -0.4 is 5.32 Å². The van der Waals surface area contributed by atoms with E-state index in [1.54, 1.807) is 18.3 Å². The first-order valence-corrected chi connectivity index (χ1v) is 11.0. The molecule has 1 atom stereocenters. The van der Waals surface area contributed by atoms with Crippen LogP contribution >= 0.6 is 11.6 Å². The third kappa shape index (κ3) is 5.11. The second-order valence-corrected chi connectivity index (χ2v) is 8.63. The first-order chi connectivity index (χ1) is 15.0. The van der Waals surface area contributed by atoms with Crippen LogP contribution in [0.25, 0.3) is 0 Å². The van der Waals surface area contributed by atoms with E-state index in [-0.39, 0.29) is 17.9 Å². The number of benzene rings is 1. The number of hydrogen-bond acceptors (Lipinski definition) is 5. The zero-order chi connectivity index (χ0) is 21.8. The number of nitrogens with zero attached hydrogens (tertiary/aromatic N) is 5. The van der Waals surface area contributed by atoms with Crippen LogP contribution in [-0.4, -0.2) is 43.6 Å². The topological polar surface area (TPSA) is 75.9 Å². The number of pyridine rings is 1. The lowest BCUT2D eigenvalue weighted by atomic mass is 10.0. The summed E-state index contributed by atoms with van der Waals surface area (Å²) in [7, 11) is 0. The Labute approximate surface area is 187 Å². The van der Waals surface area contributed by atoms with Crippen molar-refractivity contribution < 1.29 is 4.79 Å². The highest BCUT2D eigenvalue weighted by molar-refractivity contribution is 6.30. The number of halogens is 1. The Kier molecular flexibility index (Phi) is 6.63. The fraction of sp³-hybridized carbons (Fsp3) is 0.391. The number of aromatic nitrogens is 4. The van der Waals surface area contributed by atoms with Crippen molar-refractivity contribution in [2.75, 3.05) is 13.1 Å². The summed E-state index contributed by atoms with van der Waals surface area (Å²) in [5.41, 5.74) is 1.64. The predicted octanol–water partition coefficient (Wildman–Crippen LogP) is 3.51. The van der Waals surface area contributed by atoms with Crippen LogP contribution in [0.1, 0.15) is 47.6 Å². The normalized spacial score (nSPS) is 15.4. The average molecular weight is 439 g/mol. The van der Waals surface area contributed by atoms with E-state index in [1.807, 2.05) is 18.2 Å². The fourth-order valence-electron chi connectivity index (χ4n) is 3.87. The number of fused-ring (bicyclic) bond motifs is 1. The minimum Gasteiger partial charge on any atom is -0.340 e. The van der Waals surface area contributed by atoms with Gasteiger partial charge in [0.15, 0.2) is 5.82 Å². The standard InChI is InChI=1S/C23H27ClN6O/c1-16(2)21(26-23(31)19-5-3-4-11-25-19)22-28-27-20-10-12-29(13-14-30(20)22)15-17-6-8-18(24)9-7-17/h3-9,11,16,21H,10,12-15H2,1-2H3,(H,26,31). The van der Waals surface area contributed by atoms with Crippen molar-refractivity contribution in [2.45, 2.75) is 39.4 Å². The Bertz CT molecular complexity index is 1020. The number of carbonyl (C=O) groups is 1. The van der Waals surface area contributed by atoms with Gasteiger partial charge in [-0.2, -0.15) is 0 Å². The molecule has 1 aliphatic rings. The minimum atomic E-state index is -0.237. The first-order valence-electron chi connectivity index (χ1n) is 10.6. The molecule has 7 nitrogen and oxygen atoms in total. The average Bonchev–Trinajstić information content (AvgIpc) is 3.07. The van der Waals surface area contributed by atoms with E-state index in [0.29, 0.717) is 5.69 Å². The lowest BCUT2D eigenvalue weighted by molar-refractivity contribution is 0.0916. The maximum Gasteiger partial charge on any atom is 0.270 e. The molecule has 4 rings (SSSR count). The molecular formula is C23H27ClN6O. The molecule has 1 aromatic carbocycles. The molecule has 0 fully saturated rings. The number of nitrogens with one attached hydrogen (secondary N) is 1. The molecule has 8 heteroatoms. The summed E-state index contributed by atoms with van der Waals surface area (Å²) >= 11 is 6.01. The Morgan fingerprint density at radius 2 is 1.90 bits per heavy atom. The van der Waals surface area contributed by atoms with Crippen LogP contribution in [0, 0.1) is 5.92 Å². The summed E-state index contributed by atoms with van der Waals surface area (Å²) in [5.74, 6) is 1.73. The molecule has 1 aliphatic heterocycles. The summed E-state index contributed by atoms with van der Waals surface area (Å²) in [6.45, 7) is 7.61. The second-order valence-electron chi connectivity index (χ2n) is 8.19. The van der Waals surface area contributed by atoms with Gasteiger partial charge in [0, 0.05) is 43.8 Å². The molecule has 0 aliphatic carbocycles. The van der Waals surface area contributed by atoms with Gasteiger partial charge in [0.05, 0.1) is 6.04 Å².